The molecule has 0 unspecified atom stereocenters. The molecule has 0 aliphatic carbocycles. The molecule has 6 nitrogen and oxygen atoms in total. The number of benzene rings is 1. The number of fused-ring (bicyclic) bond motifs is 1. The average Bonchev–Trinajstić information content (AvgIpc) is 2.94. The van der Waals surface area contributed by atoms with Gasteiger partial charge in [0.05, 0.1) is 5.69 Å². The monoisotopic (exact) mass is 362 g/mol. The van der Waals surface area contributed by atoms with Gasteiger partial charge in [0.1, 0.15) is 5.65 Å². The van der Waals surface area contributed by atoms with Crippen molar-refractivity contribution in [1.29, 1.82) is 0 Å². The van der Waals surface area contributed by atoms with Crippen LogP contribution in [0.5, 0.6) is 0 Å². The summed E-state index contributed by atoms with van der Waals surface area (Å²) in [5, 5.41) is 0. The fourth-order valence-corrected chi connectivity index (χ4v) is 3.51. The van der Waals surface area contributed by atoms with Crippen molar-refractivity contribution in [1.82, 2.24) is 19.2 Å². The predicted molar refractivity (Wildman–Crippen MR) is 104 cm³/mol. The third kappa shape index (κ3) is 3.90. The van der Waals surface area contributed by atoms with Crippen molar-refractivity contribution in [3.8, 4) is 0 Å². The summed E-state index contributed by atoms with van der Waals surface area (Å²) >= 11 is 0. The highest BCUT2D eigenvalue weighted by Crippen LogP contribution is 2.11. The zero-order chi connectivity index (χ0) is 18.6. The Labute approximate surface area is 157 Å². The Hall–Kier alpha value is -2.99. The van der Waals surface area contributed by atoms with E-state index in [1.807, 2.05) is 53.4 Å². The largest absolute Gasteiger partial charge is 0.337 e. The van der Waals surface area contributed by atoms with Gasteiger partial charge in [0.15, 0.2) is 0 Å². The molecule has 1 amide bonds. The normalized spacial score (nSPS) is 15.6. The molecule has 3 aromatic rings. The Morgan fingerprint density at radius 3 is 2.63 bits per heavy atom. The van der Waals surface area contributed by atoms with Crippen LogP contribution in [0.4, 0.5) is 0 Å². The maximum atomic E-state index is 12.7. The minimum absolute atomic E-state index is 0.0636. The minimum atomic E-state index is -0.0636. The molecule has 6 heteroatoms. The third-order valence-electron chi connectivity index (χ3n) is 4.91. The van der Waals surface area contributed by atoms with Gasteiger partial charge in [0.2, 0.25) is 0 Å². The topological polar surface area (TPSA) is 57.9 Å². The summed E-state index contributed by atoms with van der Waals surface area (Å²) in [6.45, 7) is 3.70. The molecule has 0 bridgehead atoms. The Morgan fingerprint density at radius 2 is 1.78 bits per heavy atom. The highest BCUT2D eigenvalue weighted by Gasteiger charge is 2.20. The summed E-state index contributed by atoms with van der Waals surface area (Å²) in [4.78, 5) is 33.7. The number of aromatic nitrogens is 2. The molecule has 0 atom stereocenters. The molecule has 0 N–H and O–H groups in total. The second-order valence-corrected chi connectivity index (χ2v) is 6.80. The van der Waals surface area contributed by atoms with Gasteiger partial charge in [-0.15, -0.1) is 0 Å². The molecular formula is C21H22N4O2. The maximum absolute atomic E-state index is 12.7. The SMILES string of the molecule is O=C(c1ccccc1)N1CCCN(Cc2cc(=O)n3ccccc3n2)CC1. The van der Waals surface area contributed by atoms with Gasteiger partial charge in [-0.3, -0.25) is 18.9 Å². The van der Waals surface area contributed by atoms with E-state index in [1.165, 1.54) is 0 Å². The number of carbonyl (C=O) groups excluding carboxylic acids is 1. The van der Waals surface area contributed by atoms with E-state index in [-0.39, 0.29) is 11.5 Å². The van der Waals surface area contributed by atoms with E-state index in [2.05, 4.69) is 9.88 Å². The van der Waals surface area contributed by atoms with Crippen molar-refractivity contribution in [2.75, 3.05) is 26.2 Å². The van der Waals surface area contributed by atoms with Crippen LogP contribution in [0.25, 0.3) is 5.65 Å². The summed E-state index contributed by atoms with van der Waals surface area (Å²) in [6.07, 6.45) is 2.64. The highest BCUT2D eigenvalue weighted by atomic mass is 16.2. The van der Waals surface area contributed by atoms with Crippen LogP contribution in [0.15, 0.2) is 65.6 Å². The molecule has 1 fully saturated rings. The van der Waals surface area contributed by atoms with E-state index in [9.17, 15) is 9.59 Å². The first kappa shape index (κ1) is 17.4. The van der Waals surface area contributed by atoms with E-state index in [4.69, 9.17) is 0 Å². The standard InChI is InChI=1S/C21H22N4O2/c26-20-15-18(22-19-9-4-5-12-25(19)20)16-23-10-6-11-24(14-13-23)21(27)17-7-2-1-3-8-17/h1-5,7-9,12,15H,6,10-11,13-14,16H2. The van der Waals surface area contributed by atoms with Gasteiger partial charge >= 0.3 is 0 Å². The summed E-state index contributed by atoms with van der Waals surface area (Å²) in [5.41, 5.74) is 2.10. The first-order valence-electron chi connectivity index (χ1n) is 9.25. The molecule has 1 aliphatic heterocycles. The summed E-state index contributed by atoms with van der Waals surface area (Å²) < 4.78 is 1.55. The summed E-state index contributed by atoms with van der Waals surface area (Å²) in [7, 11) is 0. The van der Waals surface area contributed by atoms with Crippen LogP contribution < -0.4 is 5.56 Å². The zero-order valence-corrected chi connectivity index (χ0v) is 15.1. The molecule has 1 aliphatic rings. The molecule has 0 saturated carbocycles. The van der Waals surface area contributed by atoms with Gasteiger partial charge in [-0.05, 0) is 30.7 Å². The van der Waals surface area contributed by atoms with E-state index in [0.29, 0.717) is 18.7 Å². The molecular weight excluding hydrogens is 340 g/mol. The average molecular weight is 362 g/mol. The lowest BCUT2D eigenvalue weighted by Crippen LogP contribution is -2.35. The Morgan fingerprint density at radius 1 is 0.963 bits per heavy atom. The molecule has 0 spiro atoms. The fourth-order valence-electron chi connectivity index (χ4n) is 3.51. The lowest BCUT2D eigenvalue weighted by Gasteiger charge is -2.22. The minimum Gasteiger partial charge on any atom is -0.337 e. The zero-order valence-electron chi connectivity index (χ0n) is 15.1. The van der Waals surface area contributed by atoms with Gasteiger partial charge in [-0.2, -0.15) is 0 Å². The molecule has 4 rings (SSSR count). The first-order valence-corrected chi connectivity index (χ1v) is 9.25. The van der Waals surface area contributed by atoms with Crippen molar-refractivity contribution in [2.45, 2.75) is 13.0 Å². The second kappa shape index (κ2) is 7.72. The molecule has 2 aromatic heterocycles. The molecule has 138 valence electrons. The number of hydrogen-bond donors (Lipinski definition) is 0. The van der Waals surface area contributed by atoms with Crippen LogP contribution in [0, 0.1) is 0 Å². The maximum Gasteiger partial charge on any atom is 0.258 e. The van der Waals surface area contributed by atoms with Gasteiger partial charge in [-0.1, -0.05) is 24.3 Å². The van der Waals surface area contributed by atoms with Gasteiger partial charge in [0.25, 0.3) is 11.5 Å². The van der Waals surface area contributed by atoms with Crippen LogP contribution in [0.1, 0.15) is 22.5 Å². The van der Waals surface area contributed by atoms with Crippen molar-refractivity contribution in [3.63, 3.8) is 0 Å². The van der Waals surface area contributed by atoms with E-state index in [0.717, 1.165) is 37.3 Å². The Kier molecular flexibility index (Phi) is 4.98. The number of pyridine rings is 1. The fraction of sp³-hybridized carbons (Fsp3) is 0.286. The van der Waals surface area contributed by atoms with E-state index in [1.54, 1.807) is 16.7 Å². The quantitative estimate of drug-likeness (QED) is 0.716. The molecule has 3 heterocycles. The predicted octanol–water partition coefficient (Wildman–Crippen LogP) is 2.04. The van der Waals surface area contributed by atoms with Crippen LogP contribution in [0.2, 0.25) is 0 Å². The van der Waals surface area contributed by atoms with Gasteiger partial charge in [-0.25, -0.2) is 4.98 Å². The first-order chi connectivity index (χ1) is 13.2. The Bertz CT molecular complexity index is 1000. The van der Waals surface area contributed by atoms with E-state index >= 15 is 0 Å². The van der Waals surface area contributed by atoms with Crippen molar-refractivity contribution < 1.29 is 4.79 Å². The van der Waals surface area contributed by atoms with Crippen molar-refractivity contribution in [2.24, 2.45) is 0 Å². The van der Waals surface area contributed by atoms with Crippen LogP contribution in [-0.2, 0) is 6.54 Å². The molecule has 1 aromatic carbocycles. The second-order valence-electron chi connectivity index (χ2n) is 6.80. The lowest BCUT2D eigenvalue weighted by molar-refractivity contribution is 0.0761. The molecule has 1 saturated heterocycles. The number of rotatable bonds is 3. The molecule has 0 radical (unpaired) electrons. The number of hydrogen-bond acceptors (Lipinski definition) is 4. The van der Waals surface area contributed by atoms with Crippen molar-refractivity contribution >= 4 is 11.6 Å². The van der Waals surface area contributed by atoms with Crippen molar-refractivity contribution in [3.05, 3.63) is 82.4 Å². The Balaban J connectivity index is 1.44. The van der Waals surface area contributed by atoms with Gasteiger partial charge < -0.3 is 4.90 Å². The van der Waals surface area contributed by atoms with Crippen LogP contribution in [0.3, 0.4) is 0 Å². The number of carbonyl (C=O) groups is 1. The van der Waals surface area contributed by atoms with Gasteiger partial charge in [0, 0.05) is 50.6 Å². The molecule has 27 heavy (non-hydrogen) atoms. The van der Waals surface area contributed by atoms with Crippen LogP contribution in [-0.4, -0.2) is 51.3 Å². The smallest absolute Gasteiger partial charge is 0.258 e. The lowest BCUT2D eigenvalue weighted by atomic mass is 10.2. The van der Waals surface area contributed by atoms with Crippen LogP contribution >= 0.6 is 0 Å². The summed E-state index contributed by atoms with van der Waals surface area (Å²) in [6, 6.07) is 16.6. The number of nitrogens with zero attached hydrogens (tertiary/aromatic N) is 4. The highest BCUT2D eigenvalue weighted by molar-refractivity contribution is 5.94. The van der Waals surface area contributed by atoms with E-state index < -0.39 is 0 Å². The number of amides is 1. The summed E-state index contributed by atoms with van der Waals surface area (Å²) in [5.74, 6) is 0.0829. The third-order valence-corrected chi connectivity index (χ3v) is 4.91.